The monoisotopic (exact) mass is 455 g/mol. The zero-order chi connectivity index (χ0) is 23.3. The van der Waals surface area contributed by atoms with E-state index in [0.717, 1.165) is 70.0 Å². The third-order valence-electron chi connectivity index (χ3n) is 7.05. The summed E-state index contributed by atoms with van der Waals surface area (Å²) in [5.74, 6) is 1.02. The molecule has 176 valence electrons. The maximum atomic E-state index is 13.2. The molecule has 0 unspecified atom stereocenters. The second-order valence-corrected chi connectivity index (χ2v) is 9.26. The number of anilines is 1. The van der Waals surface area contributed by atoms with Crippen molar-refractivity contribution in [2.75, 3.05) is 44.7 Å². The Balaban J connectivity index is 1.17. The van der Waals surface area contributed by atoms with Gasteiger partial charge in [-0.25, -0.2) is 0 Å². The van der Waals surface area contributed by atoms with Crippen molar-refractivity contribution < 1.29 is 9.53 Å². The van der Waals surface area contributed by atoms with Crippen LogP contribution in [0.2, 0.25) is 0 Å². The molecule has 0 aromatic heterocycles. The fourth-order valence-electron chi connectivity index (χ4n) is 5.03. The zero-order valence-electron chi connectivity index (χ0n) is 20.0. The van der Waals surface area contributed by atoms with E-state index in [9.17, 15) is 4.79 Å². The Labute approximate surface area is 202 Å². The summed E-state index contributed by atoms with van der Waals surface area (Å²) in [7, 11) is 1.69. The van der Waals surface area contributed by atoms with E-state index in [1.807, 2.05) is 29.2 Å². The smallest absolute Gasteiger partial charge is 0.253 e. The van der Waals surface area contributed by atoms with Gasteiger partial charge in [0.1, 0.15) is 5.75 Å². The van der Waals surface area contributed by atoms with E-state index in [0.29, 0.717) is 0 Å². The van der Waals surface area contributed by atoms with Crippen LogP contribution in [0.3, 0.4) is 0 Å². The Hall–Kier alpha value is -3.31. The first kappa shape index (κ1) is 22.5. The van der Waals surface area contributed by atoms with Gasteiger partial charge in [-0.3, -0.25) is 9.69 Å². The lowest BCUT2D eigenvalue weighted by atomic mass is 9.99. The second kappa shape index (κ2) is 10.3. The van der Waals surface area contributed by atoms with Crippen molar-refractivity contribution in [3.63, 3.8) is 0 Å². The molecule has 2 aliphatic heterocycles. The van der Waals surface area contributed by atoms with Crippen LogP contribution in [0.25, 0.3) is 0 Å². The maximum absolute atomic E-state index is 13.2. The lowest BCUT2D eigenvalue weighted by Crippen LogP contribution is -2.35. The van der Waals surface area contributed by atoms with Gasteiger partial charge in [0.25, 0.3) is 5.91 Å². The summed E-state index contributed by atoms with van der Waals surface area (Å²) in [6, 6.07) is 25.2. The highest BCUT2D eigenvalue weighted by Crippen LogP contribution is 2.25. The van der Waals surface area contributed by atoms with Crippen molar-refractivity contribution in [3.05, 3.63) is 95.1 Å². The minimum Gasteiger partial charge on any atom is -0.497 e. The molecule has 5 nitrogen and oxygen atoms in total. The molecule has 1 fully saturated rings. The third kappa shape index (κ3) is 5.10. The number of ether oxygens (including phenoxy) is 1. The quantitative estimate of drug-likeness (QED) is 0.563. The molecule has 0 radical (unpaired) electrons. The Bertz CT molecular complexity index is 1110. The normalized spacial score (nSPS) is 16.6. The summed E-state index contributed by atoms with van der Waals surface area (Å²) in [6.07, 6.45) is 2.06. The molecule has 2 heterocycles. The van der Waals surface area contributed by atoms with Gasteiger partial charge in [0.05, 0.1) is 7.11 Å². The van der Waals surface area contributed by atoms with Crippen molar-refractivity contribution in [3.8, 4) is 5.75 Å². The van der Waals surface area contributed by atoms with Gasteiger partial charge in [-0.2, -0.15) is 0 Å². The Morgan fingerprint density at radius 2 is 1.59 bits per heavy atom. The molecule has 0 N–H and O–H groups in total. The van der Waals surface area contributed by atoms with Gasteiger partial charge in [0, 0.05) is 57.1 Å². The summed E-state index contributed by atoms with van der Waals surface area (Å²) in [6.45, 7) is 6.32. The zero-order valence-corrected chi connectivity index (χ0v) is 20.0. The van der Waals surface area contributed by atoms with Crippen LogP contribution < -0.4 is 9.64 Å². The molecule has 1 saturated heterocycles. The lowest BCUT2D eigenvalue weighted by Gasteiger charge is -2.31. The van der Waals surface area contributed by atoms with Crippen molar-refractivity contribution >= 4 is 11.6 Å². The van der Waals surface area contributed by atoms with Crippen molar-refractivity contribution in [1.82, 2.24) is 9.80 Å². The molecule has 0 bridgehead atoms. The van der Waals surface area contributed by atoms with Crippen molar-refractivity contribution in [1.29, 1.82) is 0 Å². The number of amides is 1. The topological polar surface area (TPSA) is 36.0 Å². The number of rotatable bonds is 5. The van der Waals surface area contributed by atoms with Gasteiger partial charge >= 0.3 is 0 Å². The summed E-state index contributed by atoms with van der Waals surface area (Å²) in [4.78, 5) is 20.1. The van der Waals surface area contributed by atoms with Gasteiger partial charge in [0.15, 0.2) is 0 Å². The van der Waals surface area contributed by atoms with E-state index in [2.05, 4.69) is 58.3 Å². The van der Waals surface area contributed by atoms with E-state index in [1.165, 1.54) is 22.4 Å². The highest BCUT2D eigenvalue weighted by molar-refractivity contribution is 5.94. The summed E-state index contributed by atoms with van der Waals surface area (Å²) in [5, 5.41) is 0. The molecule has 3 aromatic carbocycles. The van der Waals surface area contributed by atoms with Gasteiger partial charge in [-0.05, 0) is 65.9 Å². The van der Waals surface area contributed by atoms with Crippen LogP contribution >= 0.6 is 0 Å². The number of nitrogens with zero attached hydrogens (tertiary/aromatic N) is 3. The molecule has 0 aliphatic carbocycles. The number of carbonyl (C=O) groups excluding carboxylic acids is 1. The Kier molecular flexibility index (Phi) is 6.82. The van der Waals surface area contributed by atoms with Crippen LogP contribution in [0.1, 0.15) is 33.5 Å². The Morgan fingerprint density at radius 1 is 0.824 bits per heavy atom. The van der Waals surface area contributed by atoms with E-state index in [-0.39, 0.29) is 5.91 Å². The molecule has 2 aliphatic rings. The van der Waals surface area contributed by atoms with E-state index < -0.39 is 0 Å². The average molecular weight is 456 g/mol. The van der Waals surface area contributed by atoms with Crippen LogP contribution in [0.15, 0.2) is 72.8 Å². The van der Waals surface area contributed by atoms with E-state index >= 15 is 0 Å². The fourth-order valence-corrected chi connectivity index (χ4v) is 5.03. The number of benzene rings is 3. The summed E-state index contributed by atoms with van der Waals surface area (Å²) >= 11 is 0. The standard InChI is InChI=1S/C29H33N3O2/c1-34-28-13-7-23(8-14-28)21-30-16-4-17-31(20-19-30)29(33)25-9-11-27(12-10-25)32-18-15-24-5-2-3-6-26(24)22-32/h2-3,5-14H,4,15-22H2,1H3. The van der Waals surface area contributed by atoms with Gasteiger partial charge in [-0.1, -0.05) is 36.4 Å². The predicted molar refractivity (Wildman–Crippen MR) is 136 cm³/mol. The van der Waals surface area contributed by atoms with Crippen LogP contribution in [0.5, 0.6) is 5.75 Å². The second-order valence-electron chi connectivity index (χ2n) is 9.26. The molecule has 3 aromatic rings. The van der Waals surface area contributed by atoms with E-state index in [1.54, 1.807) is 7.11 Å². The van der Waals surface area contributed by atoms with E-state index in [4.69, 9.17) is 4.74 Å². The number of hydrogen-bond acceptors (Lipinski definition) is 4. The average Bonchev–Trinajstić information content (AvgIpc) is 3.14. The number of carbonyl (C=O) groups is 1. The first-order valence-electron chi connectivity index (χ1n) is 12.3. The highest BCUT2D eigenvalue weighted by atomic mass is 16.5. The summed E-state index contributed by atoms with van der Waals surface area (Å²) in [5.41, 5.74) is 6.10. The van der Waals surface area contributed by atoms with Gasteiger partial charge < -0.3 is 14.5 Å². The fraction of sp³-hybridized carbons (Fsp3) is 0.345. The molecule has 5 heteroatoms. The van der Waals surface area contributed by atoms with Gasteiger partial charge in [0.2, 0.25) is 0 Å². The number of hydrogen-bond donors (Lipinski definition) is 0. The van der Waals surface area contributed by atoms with Gasteiger partial charge in [-0.15, -0.1) is 0 Å². The molecule has 0 atom stereocenters. The third-order valence-corrected chi connectivity index (χ3v) is 7.05. The first-order chi connectivity index (χ1) is 16.7. The molecule has 34 heavy (non-hydrogen) atoms. The number of fused-ring (bicyclic) bond motifs is 1. The largest absolute Gasteiger partial charge is 0.497 e. The predicted octanol–water partition coefficient (Wildman–Crippen LogP) is 4.61. The molecular weight excluding hydrogens is 422 g/mol. The minimum absolute atomic E-state index is 0.141. The maximum Gasteiger partial charge on any atom is 0.253 e. The van der Waals surface area contributed by atoms with Crippen LogP contribution in [0.4, 0.5) is 5.69 Å². The Morgan fingerprint density at radius 3 is 2.35 bits per heavy atom. The van der Waals surface area contributed by atoms with Crippen LogP contribution in [0, 0.1) is 0 Å². The SMILES string of the molecule is COc1ccc(CN2CCCN(C(=O)c3ccc(N4CCc5ccccc5C4)cc3)CC2)cc1. The molecule has 0 spiro atoms. The minimum atomic E-state index is 0.141. The molecule has 5 rings (SSSR count). The van der Waals surface area contributed by atoms with Crippen molar-refractivity contribution in [2.24, 2.45) is 0 Å². The molecule has 1 amide bonds. The number of methoxy groups -OCH3 is 1. The lowest BCUT2D eigenvalue weighted by molar-refractivity contribution is 0.0761. The van der Waals surface area contributed by atoms with Crippen molar-refractivity contribution in [2.45, 2.75) is 25.9 Å². The summed E-state index contributed by atoms with van der Waals surface area (Å²) < 4.78 is 5.26. The molecule has 0 saturated carbocycles. The first-order valence-corrected chi connectivity index (χ1v) is 12.3. The highest BCUT2D eigenvalue weighted by Gasteiger charge is 2.21. The van der Waals surface area contributed by atoms with Crippen LogP contribution in [-0.4, -0.2) is 55.5 Å². The van der Waals surface area contributed by atoms with Crippen LogP contribution in [-0.2, 0) is 19.5 Å². The molecular formula is C29H33N3O2.